The number of hydrogen-bond donors (Lipinski definition) is 2. The van der Waals surface area contributed by atoms with E-state index in [0.29, 0.717) is 11.4 Å². The summed E-state index contributed by atoms with van der Waals surface area (Å²) in [5.41, 5.74) is 4.56. The van der Waals surface area contributed by atoms with E-state index >= 15 is 0 Å². The second-order valence-corrected chi connectivity index (χ2v) is 11.3. The quantitative estimate of drug-likeness (QED) is 0.0872. The van der Waals surface area contributed by atoms with Gasteiger partial charge in [-0.3, -0.25) is 19.4 Å². The lowest BCUT2D eigenvalue weighted by molar-refractivity contribution is -0.120. The third kappa shape index (κ3) is 11.1. The summed E-state index contributed by atoms with van der Waals surface area (Å²) in [6, 6.07) is 32.1. The average Bonchev–Trinajstić information content (AvgIpc) is 3.66. The molecule has 0 saturated carbocycles. The third-order valence-corrected chi connectivity index (χ3v) is 7.61. The summed E-state index contributed by atoms with van der Waals surface area (Å²) in [6.45, 7) is 3.21. The molecule has 0 spiro atoms. The van der Waals surface area contributed by atoms with Crippen molar-refractivity contribution >= 4 is 47.5 Å². The van der Waals surface area contributed by atoms with Gasteiger partial charge in [-0.2, -0.15) is 0 Å². The van der Waals surface area contributed by atoms with E-state index in [4.69, 9.17) is 18.9 Å². The molecule has 4 aromatic carbocycles. The zero-order chi connectivity index (χ0) is 35.8. The highest BCUT2D eigenvalue weighted by Gasteiger charge is 2.36. The number of amides is 4. The minimum Gasteiger partial charge on any atom is -0.481 e. The molecule has 0 aliphatic carbocycles. The molecule has 12 nitrogen and oxygen atoms in total. The van der Waals surface area contributed by atoms with Crippen molar-refractivity contribution in [2.24, 2.45) is 0 Å². The molecular weight excluding hydrogens is 652 g/mol. The fourth-order valence-electron chi connectivity index (χ4n) is 4.91. The minimum atomic E-state index is -0.813. The highest BCUT2D eigenvalue weighted by Crippen LogP contribution is 2.18. The molecule has 1 fully saturated rings. The number of carbonyl (C=O) groups is 4. The first-order valence-corrected chi connectivity index (χ1v) is 16.1. The molecule has 1 unspecified atom stereocenters. The largest absolute Gasteiger partial charge is 0.481 e. The fourth-order valence-corrected chi connectivity index (χ4v) is 4.91. The van der Waals surface area contributed by atoms with Crippen LogP contribution in [0.25, 0.3) is 12.2 Å². The second-order valence-electron chi connectivity index (χ2n) is 11.3. The fraction of sp³-hybridized carbons (Fsp3) is 0.179. The van der Waals surface area contributed by atoms with Gasteiger partial charge in [0.2, 0.25) is 11.8 Å². The van der Waals surface area contributed by atoms with Gasteiger partial charge >= 0.3 is 12.2 Å². The van der Waals surface area contributed by atoms with Crippen LogP contribution < -0.4 is 10.6 Å². The van der Waals surface area contributed by atoms with E-state index in [2.05, 4.69) is 17.2 Å². The zero-order valence-electron chi connectivity index (χ0n) is 27.8. The molecule has 4 amide bonds. The predicted octanol–water partition coefficient (Wildman–Crippen LogP) is 6.49. The Morgan fingerprint density at radius 1 is 0.765 bits per heavy atom. The van der Waals surface area contributed by atoms with Crippen LogP contribution in [0.1, 0.15) is 22.3 Å². The van der Waals surface area contributed by atoms with Gasteiger partial charge in [-0.25, -0.2) is 9.59 Å². The summed E-state index contributed by atoms with van der Waals surface area (Å²) >= 11 is 0. The smallest absolute Gasteiger partial charge is 0.413 e. The molecule has 5 rings (SSSR count). The Kier molecular flexibility index (Phi) is 12.9. The Hall–Kier alpha value is -6.40. The van der Waals surface area contributed by atoms with E-state index in [-0.39, 0.29) is 45.7 Å². The van der Waals surface area contributed by atoms with Crippen molar-refractivity contribution in [2.75, 3.05) is 37.2 Å². The van der Waals surface area contributed by atoms with E-state index in [9.17, 15) is 19.2 Å². The van der Waals surface area contributed by atoms with Gasteiger partial charge in [0.25, 0.3) is 0 Å². The lowest BCUT2D eigenvalue weighted by Crippen LogP contribution is -2.44. The van der Waals surface area contributed by atoms with Crippen LogP contribution >= 0.6 is 0 Å². The van der Waals surface area contributed by atoms with Crippen LogP contribution in [0.15, 0.2) is 122 Å². The van der Waals surface area contributed by atoms with Crippen LogP contribution in [0.2, 0.25) is 0 Å². The monoisotopic (exact) mass is 690 g/mol. The number of rotatable bonds is 14. The Bertz CT molecular complexity index is 1800. The summed E-state index contributed by atoms with van der Waals surface area (Å²) in [6.07, 6.45) is 3.69. The molecule has 4 aromatic rings. The van der Waals surface area contributed by atoms with Crippen LogP contribution in [0.5, 0.6) is 0 Å². The third-order valence-electron chi connectivity index (χ3n) is 7.61. The topological polar surface area (TPSA) is 136 Å². The van der Waals surface area contributed by atoms with Gasteiger partial charge in [0.1, 0.15) is 32.5 Å². The Labute approximate surface area is 295 Å². The summed E-state index contributed by atoms with van der Waals surface area (Å²) in [5.74, 6) is -0.800. The number of hydrogen-bond acceptors (Lipinski definition) is 8. The number of benzene rings is 4. The van der Waals surface area contributed by atoms with Crippen molar-refractivity contribution in [3.8, 4) is 0 Å². The maximum Gasteiger partial charge on any atom is 0.413 e. The van der Waals surface area contributed by atoms with Crippen molar-refractivity contribution in [2.45, 2.75) is 19.3 Å². The molecule has 0 bridgehead atoms. The van der Waals surface area contributed by atoms with E-state index in [1.165, 1.54) is 11.2 Å². The molecule has 262 valence electrons. The van der Waals surface area contributed by atoms with E-state index in [1.807, 2.05) is 97.1 Å². The number of carbonyl (C=O) groups excluding carboxylic acids is 4. The molecular formula is C39H38N4O8. The second kappa shape index (κ2) is 18.4. The highest BCUT2D eigenvalue weighted by atomic mass is 16.6. The van der Waals surface area contributed by atoms with E-state index < -0.39 is 24.1 Å². The van der Waals surface area contributed by atoms with Crippen LogP contribution in [0.3, 0.4) is 0 Å². The first kappa shape index (κ1) is 35.9. The van der Waals surface area contributed by atoms with Crippen molar-refractivity contribution in [1.29, 1.82) is 0 Å². The number of ether oxygens (including phenoxy) is 4. The van der Waals surface area contributed by atoms with Crippen LogP contribution in [0, 0.1) is 0 Å². The summed E-state index contributed by atoms with van der Waals surface area (Å²) in [5, 5.41) is 5.62. The van der Waals surface area contributed by atoms with Crippen LogP contribution in [-0.2, 0) is 41.8 Å². The van der Waals surface area contributed by atoms with Gasteiger partial charge in [0, 0.05) is 11.4 Å². The van der Waals surface area contributed by atoms with Crippen molar-refractivity contribution in [1.82, 2.24) is 9.80 Å². The van der Waals surface area contributed by atoms with Gasteiger partial charge < -0.3 is 29.6 Å². The number of anilines is 2. The van der Waals surface area contributed by atoms with E-state index in [0.717, 1.165) is 27.2 Å². The summed E-state index contributed by atoms with van der Waals surface area (Å²) < 4.78 is 21.2. The normalized spacial score (nSPS) is 13.6. The molecule has 0 aromatic heterocycles. The summed E-state index contributed by atoms with van der Waals surface area (Å²) in [4.78, 5) is 53.4. The molecule has 1 aliphatic rings. The number of nitrogens with zero attached hydrogens (tertiary/aromatic N) is 2. The van der Waals surface area contributed by atoms with Gasteiger partial charge in [0.05, 0.1) is 12.9 Å². The summed E-state index contributed by atoms with van der Waals surface area (Å²) in [7, 11) is 0. The van der Waals surface area contributed by atoms with Crippen molar-refractivity contribution < 1.29 is 38.1 Å². The van der Waals surface area contributed by atoms with Crippen LogP contribution in [0.4, 0.5) is 21.0 Å². The predicted molar refractivity (Wildman–Crippen MR) is 192 cm³/mol. The molecule has 1 saturated heterocycles. The minimum absolute atomic E-state index is 0.0288. The Balaban J connectivity index is 1.08. The van der Waals surface area contributed by atoms with Gasteiger partial charge in [-0.1, -0.05) is 104 Å². The zero-order valence-corrected chi connectivity index (χ0v) is 27.8. The lowest BCUT2D eigenvalue weighted by atomic mass is 10.1. The van der Waals surface area contributed by atoms with Crippen molar-refractivity contribution in [3.05, 3.63) is 144 Å². The lowest BCUT2D eigenvalue weighted by Gasteiger charge is -2.21. The molecule has 51 heavy (non-hydrogen) atoms. The van der Waals surface area contributed by atoms with Gasteiger partial charge in [-0.15, -0.1) is 0 Å². The molecule has 1 atom stereocenters. The van der Waals surface area contributed by atoms with Gasteiger partial charge in [0.15, 0.2) is 6.73 Å². The molecule has 12 heteroatoms. The Morgan fingerprint density at radius 2 is 1.31 bits per heavy atom. The molecule has 2 N–H and O–H groups in total. The SMILES string of the molecule is C=COCN(CC(=O)Nc1ccc(C=Cc2ccc(NC(=O)C3COCN3C(=O)OCc3ccccc3)cc2)cc1)C(=O)OCc1ccccc1. The Morgan fingerprint density at radius 3 is 1.88 bits per heavy atom. The highest BCUT2D eigenvalue weighted by molar-refractivity contribution is 5.97. The first-order valence-electron chi connectivity index (χ1n) is 16.1. The number of nitrogens with one attached hydrogen (secondary N) is 2. The van der Waals surface area contributed by atoms with Gasteiger partial charge in [-0.05, 0) is 46.5 Å². The molecule has 1 aliphatic heterocycles. The van der Waals surface area contributed by atoms with Crippen LogP contribution in [-0.4, -0.2) is 66.5 Å². The maximum atomic E-state index is 13.0. The molecule has 1 heterocycles. The molecule has 0 radical (unpaired) electrons. The standard InChI is InChI=1S/C39H38N4O8/c1-2-48-27-42(38(46)50-24-31-9-5-3-6-10-31)23-36(44)40-33-19-15-29(16-20-33)13-14-30-17-21-34(22-18-30)41-37(45)35-26-49-28-43(35)39(47)51-25-32-11-7-4-8-12-32/h2-22,35H,1,23-28H2,(H,40,44)(H,41,45). The maximum absolute atomic E-state index is 13.0. The first-order chi connectivity index (χ1) is 24.9. The average molecular weight is 691 g/mol. The van der Waals surface area contributed by atoms with Crippen molar-refractivity contribution in [3.63, 3.8) is 0 Å². The van der Waals surface area contributed by atoms with E-state index in [1.54, 1.807) is 24.3 Å².